The van der Waals surface area contributed by atoms with Crippen LogP contribution >= 0.6 is 0 Å². The molecule has 1 aromatic heterocycles. The van der Waals surface area contributed by atoms with Crippen molar-refractivity contribution in [3.05, 3.63) is 48.3 Å². The summed E-state index contributed by atoms with van der Waals surface area (Å²) in [5.41, 5.74) is 3.06. The first-order valence-corrected chi connectivity index (χ1v) is 8.79. The molecule has 1 N–H and O–H groups in total. The molecule has 1 fully saturated rings. The summed E-state index contributed by atoms with van der Waals surface area (Å²) in [7, 11) is 1.76. The lowest BCUT2D eigenvalue weighted by molar-refractivity contribution is -0.139. The molecule has 26 heavy (non-hydrogen) atoms. The van der Waals surface area contributed by atoms with E-state index in [1.807, 2.05) is 30.5 Å². The molecule has 0 atom stereocenters. The van der Waals surface area contributed by atoms with Crippen LogP contribution in [0.25, 0.3) is 11.1 Å². The van der Waals surface area contributed by atoms with Gasteiger partial charge in [-0.2, -0.15) is 0 Å². The molecule has 0 bridgehead atoms. The first-order valence-electron chi connectivity index (χ1n) is 8.79. The zero-order chi connectivity index (χ0) is 18.4. The maximum absolute atomic E-state index is 10.9. The highest BCUT2D eigenvalue weighted by Crippen LogP contribution is 2.28. The van der Waals surface area contributed by atoms with Gasteiger partial charge in [0.05, 0.1) is 6.10 Å². The van der Waals surface area contributed by atoms with E-state index in [1.54, 1.807) is 13.3 Å². The quantitative estimate of drug-likeness (QED) is 0.822. The van der Waals surface area contributed by atoms with Crippen LogP contribution in [0.4, 0.5) is 0 Å². The number of hydrogen-bond donors (Lipinski definition) is 1. The molecule has 138 valence electrons. The molecular formula is C20H24N2O4. The Morgan fingerprint density at radius 2 is 2.08 bits per heavy atom. The van der Waals surface area contributed by atoms with Gasteiger partial charge in [0.1, 0.15) is 5.75 Å². The number of aliphatic carboxylic acids is 1. The van der Waals surface area contributed by atoms with Gasteiger partial charge in [0.15, 0.2) is 6.61 Å². The largest absolute Gasteiger partial charge is 0.482 e. The second-order valence-corrected chi connectivity index (χ2v) is 6.46. The third kappa shape index (κ3) is 4.80. The maximum Gasteiger partial charge on any atom is 0.341 e. The summed E-state index contributed by atoms with van der Waals surface area (Å²) in [6.07, 6.45) is 5.90. The van der Waals surface area contributed by atoms with Gasteiger partial charge in [-0.25, -0.2) is 4.79 Å². The van der Waals surface area contributed by atoms with Gasteiger partial charge in [0.2, 0.25) is 0 Å². The van der Waals surface area contributed by atoms with Crippen LogP contribution in [0.3, 0.4) is 0 Å². The van der Waals surface area contributed by atoms with Gasteiger partial charge in [-0.05, 0) is 36.6 Å². The van der Waals surface area contributed by atoms with Gasteiger partial charge >= 0.3 is 5.97 Å². The van der Waals surface area contributed by atoms with Crippen molar-refractivity contribution in [2.24, 2.45) is 0 Å². The van der Waals surface area contributed by atoms with Crippen molar-refractivity contribution in [3.63, 3.8) is 0 Å². The number of methoxy groups -OCH3 is 1. The molecule has 0 radical (unpaired) electrons. The Hall–Kier alpha value is -2.44. The number of nitrogens with zero attached hydrogens (tertiary/aromatic N) is 2. The molecule has 0 saturated carbocycles. The molecule has 1 aliphatic heterocycles. The van der Waals surface area contributed by atoms with E-state index in [0.29, 0.717) is 11.9 Å². The van der Waals surface area contributed by atoms with Crippen LogP contribution in [0.15, 0.2) is 42.7 Å². The molecule has 0 spiro atoms. The Morgan fingerprint density at radius 1 is 1.27 bits per heavy atom. The van der Waals surface area contributed by atoms with Crippen molar-refractivity contribution >= 4 is 5.97 Å². The van der Waals surface area contributed by atoms with Gasteiger partial charge in [0.25, 0.3) is 0 Å². The summed E-state index contributed by atoms with van der Waals surface area (Å²) in [6.45, 7) is 2.28. The Morgan fingerprint density at radius 3 is 2.73 bits per heavy atom. The standard InChI is InChI=1S/C20H24N2O4/c1-25-18-6-9-22(10-7-18)13-17-11-15(16-3-2-8-21-12-16)4-5-19(17)26-14-20(23)24/h2-5,8,11-12,18H,6-7,9-10,13-14H2,1H3,(H,23,24). The van der Waals surface area contributed by atoms with Crippen molar-refractivity contribution in [2.45, 2.75) is 25.5 Å². The van der Waals surface area contributed by atoms with E-state index in [4.69, 9.17) is 14.6 Å². The highest BCUT2D eigenvalue weighted by Gasteiger charge is 2.20. The number of carboxylic acids is 1. The number of rotatable bonds is 7. The first-order chi connectivity index (χ1) is 12.7. The Bertz CT molecular complexity index is 728. The lowest BCUT2D eigenvalue weighted by Gasteiger charge is -2.31. The monoisotopic (exact) mass is 356 g/mol. The van der Waals surface area contributed by atoms with E-state index >= 15 is 0 Å². The molecule has 0 amide bonds. The number of pyridine rings is 1. The van der Waals surface area contributed by atoms with Crippen LogP contribution in [0.2, 0.25) is 0 Å². The van der Waals surface area contributed by atoms with Crippen LogP contribution in [0.5, 0.6) is 5.75 Å². The number of benzene rings is 1. The van der Waals surface area contributed by atoms with Crippen molar-refractivity contribution < 1.29 is 19.4 Å². The topological polar surface area (TPSA) is 71.9 Å². The Balaban J connectivity index is 1.80. The number of ether oxygens (including phenoxy) is 2. The molecule has 2 aromatic rings. The fourth-order valence-corrected chi connectivity index (χ4v) is 3.24. The molecular weight excluding hydrogens is 332 g/mol. The van der Waals surface area contributed by atoms with Crippen LogP contribution in [0, 0.1) is 0 Å². The van der Waals surface area contributed by atoms with Crippen LogP contribution in [-0.4, -0.2) is 53.9 Å². The molecule has 3 rings (SSSR count). The second kappa shape index (κ2) is 8.78. The van der Waals surface area contributed by atoms with E-state index in [1.165, 1.54) is 0 Å². The van der Waals surface area contributed by atoms with Crippen molar-refractivity contribution in [1.29, 1.82) is 0 Å². The smallest absolute Gasteiger partial charge is 0.341 e. The predicted molar refractivity (Wildman–Crippen MR) is 98.1 cm³/mol. The minimum absolute atomic E-state index is 0.329. The highest BCUT2D eigenvalue weighted by molar-refractivity contribution is 5.69. The van der Waals surface area contributed by atoms with Crippen molar-refractivity contribution in [2.75, 3.05) is 26.8 Å². The Kier molecular flexibility index (Phi) is 6.20. The number of carbonyl (C=O) groups is 1. The molecule has 1 saturated heterocycles. The first kappa shape index (κ1) is 18.4. The van der Waals surface area contributed by atoms with Gasteiger partial charge in [-0.1, -0.05) is 12.1 Å². The van der Waals surface area contributed by atoms with Gasteiger partial charge in [0, 0.05) is 50.3 Å². The maximum atomic E-state index is 10.9. The summed E-state index contributed by atoms with van der Waals surface area (Å²) in [6, 6.07) is 9.77. The number of likely N-dealkylation sites (tertiary alicyclic amines) is 1. The molecule has 1 aliphatic rings. The predicted octanol–water partition coefficient (Wildman–Crippen LogP) is 2.82. The molecule has 6 heteroatoms. The van der Waals surface area contributed by atoms with Crippen molar-refractivity contribution in [3.8, 4) is 16.9 Å². The Labute approximate surface area is 153 Å². The summed E-state index contributed by atoms with van der Waals surface area (Å²) in [5, 5.41) is 8.92. The third-order valence-corrected chi connectivity index (χ3v) is 4.67. The molecule has 0 aliphatic carbocycles. The van der Waals surface area contributed by atoms with Gasteiger partial charge in [-0.15, -0.1) is 0 Å². The summed E-state index contributed by atoms with van der Waals surface area (Å²) in [5.74, 6) is -0.359. The normalized spacial score (nSPS) is 15.7. The highest BCUT2D eigenvalue weighted by atomic mass is 16.5. The molecule has 1 aromatic carbocycles. The summed E-state index contributed by atoms with van der Waals surface area (Å²) in [4.78, 5) is 17.4. The zero-order valence-corrected chi connectivity index (χ0v) is 14.9. The average Bonchev–Trinajstić information content (AvgIpc) is 2.68. The van der Waals surface area contributed by atoms with E-state index in [9.17, 15) is 4.79 Å². The van der Waals surface area contributed by atoms with Crippen LogP contribution < -0.4 is 4.74 Å². The number of piperidine rings is 1. The van der Waals surface area contributed by atoms with Gasteiger partial charge < -0.3 is 14.6 Å². The second-order valence-electron chi connectivity index (χ2n) is 6.46. The van der Waals surface area contributed by atoms with E-state index < -0.39 is 5.97 Å². The van der Waals surface area contributed by atoms with E-state index in [0.717, 1.165) is 49.2 Å². The van der Waals surface area contributed by atoms with Gasteiger partial charge in [-0.3, -0.25) is 9.88 Å². The van der Waals surface area contributed by atoms with Crippen LogP contribution in [0.1, 0.15) is 18.4 Å². The molecule has 2 heterocycles. The number of carboxylic acid groups (broad SMARTS) is 1. The fraction of sp³-hybridized carbons (Fsp3) is 0.400. The third-order valence-electron chi connectivity index (χ3n) is 4.67. The summed E-state index contributed by atoms with van der Waals surface area (Å²) >= 11 is 0. The fourth-order valence-electron chi connectivity index (χ4n) is 3.24. The minimum Gasteiger partial charge on any atom is -0.482 e. The van der Waals surface area contributed by atoms with Crippen LogP contribution in [-0.2, 0) is 16.1 Å². The number of aromatic nitrogens is 1. The average molecular weight is 356 g/mol. The van der Waals surface area contributed by atoms with E-state index in [2.05, 4.69) is 16.0 Å². The molecule has 0 unspecified atom stereocenters. The van der Waals surface area contributed by atoms with Crippen molar-refractivity contribution in [1.82, 2.24) is 9.88 Å². The number of hydrogen-bond acceptors (Lipinski definition) is 5. The zero-order valence-electron chi connectivity index (χ0n) is 14.9. The van der Waals surface area contributed by atoms with E-state index in [-0.39, 0.29) is 6.61 Å². The molecule has 6 nitrogen and oxygen atoms in total. The lowest BCUT2D eigenvalue weighted by atomic mass is 10.0. The minimum atomic E-state index is -0.979. The SMILES string of the molecule is COC1CCN(Cc2cc(-c3cccnc3)ccc2OCC(=O)O)CC1. The lowest BCUT2D eigenvalue weighted by Crippen LogP contribution is -2.36. The summed E-state index contributed by atoms with van der Waals surface area (Å²) < 4.78 is 10.9.